The highest BCUT2D eigenvalue weighted by Crippen LogP contribution is 2.40. The summed E-state index contributed by atoms with van der Waals surface area (Å²) in [6.45, 7) is 15.9. The van der Waals surface area contributed by atoms with E-state index in [1.165, 1.54) is 22.6 Å². The van der Waals surface area contributed by atoms with E-state index in [-0.39, 0.29) is 16.5 Å². The van der Waals surface area contributed by atoms with Crippen molar-refractivity contribution in [2.24, 2.45) is 0 Å². The maximum atomic E-state index is 13.7. The first kappa shape index (κ1) is 28.1. The number of halogens is 1. The van der Waals surface area contributed by atoms with Gasteiger partial charge in [-0.25, -0.2) is 17.6 Å². The van der Waals surface area contributed by atoms with E-state index in [1.54, 1.807) is 26.8 Å². The van der Waals surface area contributed by atoms with Gasteiger partial charge in [-0.3, -0.25) is 14.6 Å². The van der Waals surface area contributed by atoms with Crippen LogP contribution in [0.1, 0.15) is 47.2 Å². The van der Waals surface area contributed by atoms with Gasteiger partial charge in [-0.2, -0.15) is 0 Å². The van der Waals surface area contributed by atoms with Crippen LogP contribution in [0.25, 0.3) is 0 Å². The van der Waals surface area contributed by atoms with Gasteiger partial charge in [0.15, 0.2) is 8.32 Å². The van der Waals surface area contributed by atoms with Gasteiger partial charge in [0.2, 0.25) is 0 Å². The van der Waals surface area contributed by atoms with E-state index in [1.807, 2.05) is 0 Å². The molecule has 2 heterocycles. The number of benzene rings is 1. The molecule has 36 heavy (non-hydrogen) atoms. The van der Waals surface area contributed by atoms with E-state index in [4.69, 9.17) is 9.16 Å². The summed E-state index contributed by atoms with van der Waals surface area (Å²) in [6.07, 6.45) is 0.808. The molecule has 1 aliphatic rings. The van der Waals surface area contributed by atoms with E-state index >= 15 is 0 Å². The van der Waals surface area contributed by atoms with Crippen LogP contribution in [0, 0.1) is 5.82 Å². The van der Waals surface area contributed by atoms with E-state index in [9.17, 15) is 17.6 Å². The zero-order valence-corrected chi connectivity index (χ0v) is 24.0. The van der Waals surface area contributed by atoms with Crippen LogP contribution in [-0.4, -0.2) is 46.1 Å². The average molecular weight is 538 g/mol. The van der Waals surface area contributed by atoms with Crippen molar-refractivity contribution in [2.45, 2.75) is 82.7 Å². The molecular weight excluding hydrogens is 501 g/mol. The molecule has 11 heteroatoms. The van der Waals surface area contributed by atoms with Gasteiger partial charge >= 0.3 is 6.09 Å². The Balaban J connectivity index is 2.02. The Kier molecular flexibility index (Phi) is 7.60. The van der Waals surface area contributed by atoms with Gasteiger partial charge in [0.25, 0.3) is 10.0 Å². The van der Waals surface area contributed by atoms with Gasteiger partial charge in [0.05, 0.1) is 40.8 Å². The number of carbonyl (C=O) groups excluding carboxylic acids is 1. The first-order chi connectivity index (χ1) is 16.4. The molecule has 0 saturated carbocycles. The number of ether oxygens (including phenoxy) is 1. The second kappa shape index (κ2) is 9.75. The minimum atomic E-state index is -4.07. The normalized spacial score (nSPS) is 16.9. The molecule has 0 aliphatic carbocycles. The summed E-state index contributed by atoms with van der Waals surface area (Å²) in [4.78, 5) is 16.7. The van der Waals surface area contributed by atoms with Crippen molar-refractivity contribution in [1.29, 1.82) is 0 Å². The Labute approximate surface area is 214 Å². The second-order valence-corrected chi connectivity index (χ2v) is 18.1. The number of aromatic nitrogens is 1. The largest absolute Gasteiger partial charge is 0.444 e. The molecule has 1 aromatic heterocycles. The van der Waals surface area contributed by atoms with Gasteiger partial charge in [-0.1, -0.05) is 20.8 Å². The van der Waals surface area contributed by atoms with Gasteiger partial charge in [-0.05, 0) is 69.2 Å². The number of hydrogen-bond donors (Lipinski definition) is 1. The fourth-order valence-electron chi connectivity index (χ4n) is 3.54. The Bertz CT molecular complexity index is 1220. The first-order valence-electron chi connectivity index (χ1n) is 11.8. The van der Waals surface area contributed by atoms with E-state index in [0.29, 0.717) is 23.5 Å². The van der Waals surface area contributed by atoms with Gasteiger partial charge in [0.1, 0.15) is 11.4 Å². The zero-order valence-electron chi connectivity index (χ0n) is 22.2. The van der Waals surface area contributed by atoms with Crippen LogP contribution in [-0.2, 0) is 25.6 Å². The fourth-order valence-corrected chi connectivity index (χ4v) is 6.40. The first-order valence-corrected chi connectivity index (χ1v) is 16.2. The van der Waals surface area contributed by atoms with Crippen molar-refractivity contribution >= 4 is 35.8 Å². The lowest BCUT2D eigenvalue weighted by Crippen LogP contribution is -2.51. The van der Waals surface area contributed by atoms with Crippen molar-refractivity contribution < 1.29 is 26.8 Å². The number of amides is 1. The number of nitrogens with one attached hydrogen (secondary N) is 1. The highest BCUT2D eigenvalue weighted by Gasteiger charge is 2.42. The SMILES string of the molecule is CC(C)(C)OC(=O)Nc1cnc2c(c1)N(S(=O)(=O)c1ccc(F)cc1)CC(O[Si](C)(C)C(C)(C)C)C2. The highest BCUT2D eigenvalue weighted by atomic mass is 32.2. The Morgan fingerprint density at radius 2 is 1.75 bits per heavy atom. The van der Waals surface area contributed by atoms with Crippen LogP contribution in [0.3, 0.4) is 0 Å². The molecule has 1 aliphatic heterocycles. The lowest BCUT2D eigenvalue weighted by atomic mass is 10.1. The molecule has 0 radical (unpaired) electrons. The van der Waals surface area contributed by atoms with Crippen LogP contribution in [0.5, 0.6) is 0 Å². The fraction of sp³-hybridized carbons (Fsp3) is 0.520. The third kappa shape index (κ3) is 6.43. The quantitative estimate of drug-likeness (QED) is 0.491. The van der Waals surface area contributed by atoms with Crippen LogP contribution >= 0.6 is 0 Å². The van der Waals surface area contributed by atoms with Crippen molar-refractivity contribution in [1.82, 2.24) is 4.98 Å². The summed E-state index contributed by atoms with van der Waals surface area (Å²) in [5.41, 5.74) is 0.470. The lowest BCUT2D eigenvalue weighted by Gasteiger charge is -2.42. The number of pyridine rings is 1. The summed E-state index contributed by atoms with van der Waals surface area (Å²) < 4.78 is 54.1. The maximum absolute atomic E-state index is 13.7. The summed E-state index contributed by atoms with van der Waals surface area (Å²) in [7, 11) is -6.29. The molecule has 0 fully saturated rings. The maximum Gasteiger partial charge on any atom is 0.412 e. The minimum absolute atomic E-state index is 0.0478. The van der Waals surface area contributed by atoms with Crippen LogP contribution in [0.2, 0.25) is 18.1 Å². The van der Waals surface area contributed by atoms with E-state index < -0.39 is 42.0 Å². The molecule has 1 aromatic carbocycles. The predicted octanol–water partition coefficient (Wildman–Crippen LogP) is 5.71. The van der Waals surface area contributed by atoms with Gasteiger partial charge < -0.3 is 9.16 Å². The molecule has 8 nitrogen and oxygen atoms in total. The monoisotopic (exact) mass is 537 g/mol. The molecule has 1 atom stereocenters. The molecule has 198 valence electrons. The summed E-state index contributed by atoms with van der Waals surface area (Å²) in [5.74, 6) is -0.530. The molecule has 2 aromatic rings. The third-order valence-electron chi connectivity index (χ3n) is 6.32. The number of sulfonamides is 1. The Morgan fingerprint density at radius 1 is 1.14 bits per heavy atom. The number of carbonyl (C=O) groups is 1. The van der Waals surface area contributed by atoms with Crippen LogP contribution < -0.4 is 9.62 Å². The molecule has 1 amide bonds. The molecule has 0 bridgehead atoms. The minimum Gasteiger partial charge on any atom is -0.444 e. The number of rotatable bonds is 5. The highest BCUT2D eigenvalue weighted by molar-refractivity contribution is 7.92. The van der Waals surface area contributed by atoms with Crippen molar-refractivity contribution in [3.63, 3.8) is 0 Å². The smallest absolute Gasteiger partial charge is 0.412 e. The lowest BCUT2D eigenvalue weighted by molar-refractivity contribution is 0.0636. The van der Waals surface area contributed by atoms with Crippen LogP contribution in [0.15, 0.2) is 41.4 Å². The molecular formula is C25H36FN3O5SSi. The van der Waals surface area contributed by atoms with Gasteiger partial charge in [0, 0.05) is 6.42 Å². The third-order valence-corrected chi connectivity index (χ3v) is 12.6. The summed E-state index contributed by atoms with van der Waals surface area (Å²) >= 11 is 0. The number of anilines is 2. The topological polar surface area (TPSA) is 97.8 Å². The molecule has 3 rings (SSSR count). The van der Waals surface area contributed by atoms with Crippen molar-refractivity contribution in [3.05, 3.63) is 48.0 Å². The van der Waals surface area contributed by atoms with Crippen molar-refractivity contribution in [2.75, 3.05) is 16.2 Å². The summed E-state index contributed by atoms with van der Waals surface area (Å²) in [6, 6.07) is 6.26. The number of fused-ring (bicyclic) bond motifs is 1. The van der Waals surface area contributed by atoms with Gasteiger partial charge in [-0.15, -0.1) is 0 Å². The summed E-state index contributed by atoms with van der Waals surface area (Å²) in [5, 5.41) is 2.55. The zero-order chi connectivity index (χ0) is 27.1. The molecule has 1 N–H and O–H groups in total. The van der Waals surface area contributed by atoms with E-state index in [2.05, 4.69) is 44.2 Å². The van der Waals surface area contributed by atoms with Crippen LogP contribution in [0.4, 0.5) is 20.6 Å². The molecule has 0 spiro atoms. The average Bonchev–Trinajstić information content (AvgIpc) is 2.71. The number of hydrogen-bond acceptors (Lipinski definition) is 6. The molecule has 1 unspecified atom stereocenters. The molecule has 0 saturated heterocycles. The van der Waals surface area contributed by atoms with E-state index in [0.717, 1.165) is 12.1 Å². The number of nitrogens with zero attached hydrogens (tertiary/aromatic N) is 2. The second-order valence-electron chi connectivity index (χ2n) is 11.5. The Hall–Kier alpha value is -2.50. The standard InChI is InChI=1S/C25H36FN3O5SSi/c1-24(2,3)33-23(30)28-18-13-22-21(27-15-18)14-19(34-36(7,8)25(4,5)6)16-29(22)35(31,32)20-11-9-17(26)10-12-20/h9-13,15,19H,14,16H2,1-8H3,(H,28,30). The Morgan fingerprint density at radius 3 is 2.31 bits per heavy atom. The van der Waals surface area contributed by atoms with Crippen molar-refractivity contribution in [3.8, 4) is 0 Å². The predicted molar refractivity (Wildman–Crippen MR) is 141 cm³/mol.